The molecule has 0 spiro atoms. The van der Waals surface area contributed by atoms with E-state index >= 15 is 0 Å². The first kappa shape index (κ1) is 12.5. The first-order valence-electron chi connectivity index (χ1n) is 4.84. The highest BCUT2D eigenvalue weighted by Gasteiger charge is 2.37. The van der Waals surface area contributed by atoms with E-state index in [4.69, 9.17) is 19.5 Å². The average Bonchev–Trinajstić information content (AvgIpc) is 2.54. The maximum atomic E-state index is 8.55. The van der Waals surface area contributed by atoms with Gasteiger partial charge >= 0.3 is 0 Å². The van der Waals surface area contributed by atoms with Crippen LogP contribution in [0, 0.1) is 11.3 Å². The number of benzene rings is 1. The molecule has 1 aliphatic heterocycles. The second kappa shape index (κ2) is 4.39. The molecule has 0 aliphatic carbocycles. The first-order valence-corrected chi connectivity index (χ1v) is 6.43. The van der Waals surface area contributed by atoms with Crippen LogP contribution in [0.3, 0.4) is 0 Å². The number of nitriles is 1. The maximum Gasteiger partial charge on any atom is 0.246 e. The summed E-state index contributed by atoms with van der Waals surface area (Å²) in [5.41, 5.74) is 0. The summed E-state index contributed by atoms with van der Waals surface area (Å²) in [5, 5.41) is 8.55. The normalized spacial score (nSPS) is 15.5. The van der Waals surface area contributed by atoms with Gasteiger partial charge in [-0.1, -0.05) is 0 Å². The second-order valence-electron chi connectivity index (χ2n) is 3.88. The molecule has 1 aromatic carbocycles. The number of halogens is 2. The van der Waals surface area contributed by atoms with Gasteiger partial charge in [0.1, 0.15) is 6.07 Å². The van der Waals surface area contributed by atoms with Crippen LogP contribution in [0.15, 0.2) is 15.0 Å². The second-order valence-corrected chi connectivity index (χ2v) is 5.59. The minimum atomic E-state index is -0.740. The van der Waals surface area contributed by atoms with Crippen molar-refractivity contribution in [3.8, 4) is 23.3 Å². The van der Waals surface area contributed by atoms with E-state index in [1.807, 2.05) is 6.07 Å². The van der Waals surface area contributed by atoms with Crippen molar-refractivity contribution in [2.45, 2.75) is 19.6 Å². The Kier molecular flexibility index (Phi) is 3.23. The van der Waals surface area contributed by atoms with Gasteiger partial charge in [-0.05, 0) is 37.9 Å². The van der Waals surface area contributed by atoms with E-state index in [0.29, 0.717) is 21.7 Å². The quantitative estimate of drug-likeness (QED) is 0.806. The molecule has 90 valence electrons. The third-order valence-corrected chi connectivity index (χ3v) is 3.25. The molecule has 1 aliphatic rings. The molecule has 0 saturated carbocycles. The van der Waals surface area contributed by atoms with E-state index in [2.05, 4.69) is 31.9 Å². The molecule has 0 aromatic heterocycles. The van der Waals surface area contributed by atoms with Crippen LogP contribution in [0.2, 0.25) is 0 Å². The van der Waals surface area contributed by atoms with E-state index in [-0.39, 0.29) is 6.61 Å². The predicted molar refractivity (Wildman–Crippen MR) is 68.3 cm³/mol. The van der Waals surface area contributed by atoms with E-state index in [9.17, 15) is 0 Å². The van der Waals surface area contributed by atoms with E-state index in [0.717, 1.165) is 4.47 Å². The van der Waals surface area contributed by atoms with Gasteiger partial charge < -0.3 is 14.2 Å². The van der Waals surface area contributed by atoms with E-state index in [1.54, 1.807) is 19.9 Å². The topological polar surface area (TPSA) is 51.5 Å². The van der Waals surface area contributed by atoms with Crippen molar-refractivity contribution in [3.05, 3.63) is 15.0 Å². The summed E-state index contributed by atoms with van der Waals surface area (Å²) in [6.07, 6.45) is 0. The maximum absolute atomic E-state index is 8.55. The smallest absolute Gasteiger partial charge is 0.246 e. The summed E-state index contributed by atoms with van der Waals surface area (Å²) in [6.45, 7) is 3.57. The fourth-order valence-electron chi connectivity index (χ4n) is 1.50. The lowest BCUT2D eigenvalue weighted by atomic mass is 10.3. The molecule has 0 amide bonds. The van der Waals surface area contributed by atoms with Crippen molar-refractivity contribution in [2.24, 2.45) is 0 Å². The van der Waals surface area contributed by atoms with Crippen LogP contribution in [0.5, 0.6) is 17.2 Å². The Bertz CT molecular complexity index is 508. The highest BCUT2D eigenvalue weighted by molar-refractivity contribution is 9.11. The zero-order valence-corrected chi connectivity index (χ0v) is 12.4. The Morgan fingerprint density at radius 3 is 2.59 bits per heavy atom. The number of nitrogens with zero attached hydrogens (tertiary/aromatic N) is 1. The summed E-state index contributed by atoms with van der Waals surface area (Å²) < 4.78 is 18.1. The van der Waals surface area contributed by atoms with Gasteiger partial charge in [-0.2, -0.15) is 5.26 Å². The minimum absolute atomic E-state index is 0.0452. The lowest BCUT2D eigenvalue weighted by Crippen LogP contribution is -2.29. The number of fused-ring (bicyclic) bond motifs is 1. The first-order chi connectivity index (χ1) is 7.94. The third kappa shape index (κ3) is 2.35. The van der Waals surface area contributed by atoms with Gasteiger partial charge in [-0.15, -0.1) is 0 Å². The van der Waals surface area contributed by atoms with Crippen LogP contribution in [0.1, 0.15) is 13.8 Å². The van der Waals surface area contributed by atoms with Crippen molar-refractivity contribution in [2.75, 3.05) is 6.61 Å². The van der Waals surface area contributed by atoms with E-state index in [1.165, 1.54) is 0 Å². The largest absolute Gasteiger partial charge is 0.474 e. The Labute approximate surface area is 116 Å². The number of rotatable bonds is 2. The molecule has 0 saturated heterocycles. The molecule has 1 aromatic rings. The standard InChI is InChI=1S/C11H9Br2NO3/c1-11(2)16-9-7(13)5-6(12)8(10(9)17-11)15-4-3-14/h5H,4H2,1-2H3. The summed E-state index contributed by atoms with van der Waals surface area (Å²) in [4.78, 5) is 0. The van der Waals surface area contributed by atoms with Crippen molar-refractivity contribution in [1.82, 2.24) is 0 Å². The molecule has 17 heavy (non-hydrogen) atoms. The van der Waals surface area contributed by atoms with Crippen LogP contribution in [0.4, 0.5) is 0 Å². The Balaban J connectivity index is 2.49. The van der Waals surface area contributed by atoms with Gasteiger partial charge in [0.25, 0.3) is 0 Å². The molecule has 0 bridgehead atoms. The van der Waals surface area contributed by atoms with Gasteiger partial charge in [0.15, 0.2) is 18.1 Å². The van der Waals surface area contributed by atoms with Crippen molar-refractivity contribution >= 4 is 31.9 Å². The minimum Gasteiger partial charge on any atom is -0.474 e. The van der Waals surface area contributed by atoms with E-state index < -0.39 is 5.79 Å². The molecule has 0 fully saturated rings. The summed E-state index contributed by atoms with van der Waals surface area (Å²) in [7, 11) is 0. The monoisotopic (exact) mass is 361 g/mol. The molecular formula is C11H9Br2NO3. The van der Waals surface area contributed by atoms with Crippen LogP contribution in [-0.2, 0) is 0 Å². The molecule has 0 N–H and O–H groups in total. The molecule has 0 radical (unpaired) electrons. The molecule has 6 heteroatoms. The average molecular weight is 363 g/mol. The molecule has 1 heterocycles. The van der Waals surface area contributed by atoms with Gasteiger partial charge in [-0.3, -0.25) is 0 Å². The van der Waals surface area contributed by atoms with Gasteiger partial charge in [0.2, 0.25) is 11.5 Å². The third-order valence-electron chi connectivity index (χ3n) is 2.08. The van der Waals surface area contributed by atoms with Crippen LogP contribution >= 0.6 is 31.9 Å². The van der Waals surface area contributed by atoms with Gasteiger partial charge in [-0.25, -0.2) is 0 Å². The Morgan fingerprint density at radius 1 is 1.29 bits per heavy atom. The van der Waals surface area contributed by atoms with Crippen molar-refractivity contribution in [1.29, 1.82) is 5.26 Å². The summed E-state index contributed by atoms with van der Waals surface area (Å²) >= 11 is 6.77. The van der Waals surface area contributed by atoms with Crippen molar-refractivity contribution < 1.29 is 14.2 Å². The molecule has 0 unspecified atom stereocenters. The lowest BCUT2D eigenvalue weighted by Gasteiger charge is -2.16. The van der Waals surface area contributed by atoms with Crippen LogP contribution < -0.4 is 14.2 Å². The Morgan fingerprint density at radius 2 is 1.94 bits per heavy atom. The van der Waals surface area contributed by atoms with Crippen LogP contribution in [-0.4, -0.2) is 12.4 Å². The highest BCUT2D eigenvalue weighted by atomic mass is 79.9. The predicted octanol–water partition coefficient (Wildman–Crippen LogP) is 3.62. The fourth-order valence-corrected chi connectivity index (χ4v) is 2.82. The summed E-state index contributed by atoms with van der Waals surface area (Å²) in [6, 6.07) is 3.72. The Hall–Kier alpha value is -0.930. The number of ether oxygens (including phenoxy) is 3. The highest BCUT2D eigenvalue weighted by Crippen LogP contribution is 2.53. The SMILES string of the molecule is CC1(C)Oc2c(Br)cc(Br)c(OCC#N)c2O1. The fraction of sp³-hybridized carbons (Fsp3) is 0.364. The van der Waals surface area contributed by atoms with Crippen molar-refractivity contribution in [3.63, 3.8) is 0 Å². The molecule has 4 nitrogen and oxygen atoms in total. The molecule has 2 rings (SSSR count). The zero-order valence-electron chi connectivity index (χ0n) is 9.21. The van der Waals surface area contributed by atoms with Gasteiger partial charge in [0, 0.05) is 13.8 Å². The molecular weight excluding hydrogens is 354 g/mol. The lowest BCUT2D eigenvalue weighted by molar-refractivity contribution is -0.0443. The summed E-state index contributed by atoms with van der Waals surface area (Å²) in [5.74, 6) is 0.837. The van der Waals surface area contributed by atoms with Gasteiger partial charge in [0.05, 0.1) is 8.95 Å². The zero-order chi connectivity index (χ0) is 12.6. The number of hydrogen-bond donors (Lipinski definition) is 0. The molecule has 0 atom stereocenters. The van der Waals surface area contributed by atoms with Crippen LogP contribution in [0.25, 0.3) is 0 Å². The number of hydrogen-bond acceptors (Lipinski definition) is 4.